The van der Waals surface area contributed by atoms with Gasteiger partial charge in [0.15, 0.2) is 0 Å². The number of urea groups is 1. The van der Waals surface area contributed by atoms with Crippen molar-refractivity contribution in [2.45, 2.75) is 64.6 Å². The zero-order chi connectivity index (χ0) is 18.3. The molecule has 1 fully saturated rings. The predicted molar refractivity (Wildman–Crippen MR) is 90.6 cm³/mol. The van der Waals surface area contributed by atoms with E-state index >= 15 is 0 Å². The lowest BCUT2D eigenvalue weighted by Gasteiger charge is -2.39. The van der Waals surface area contributed by atoms with Crippen LogP contribution in [-0.4, -0.2) is 60.8 Å². The van der Waals surface area contributed by atoms with Crippen LogP contribution in [-0.2, 0) is 9.53 Å². The molecule has 1 heterocycles. The number of carbonyl (C=O) groups excluding carboxylic acids is 3. The maximum Gasteiger partial charge on any atom is 0.407 e. The van der Waals surface area contributed by atoms with Crippen LogP contribution in [0.4, 0.5) is 9.59 Å². The Morgan fingerprint density at radius 2 is 1.92 bits per heavy atom. The largest absolute Gasteiger partial charge is 0.444 e. The minimum Gasteiger partial charge on any atom is -0.444 e. The molecule has 0 spiro atoms. The Morgan fingerprint density at radius 3 is 2.50 bits per heavy atom. The van der Waals surface area contributed by atoms with Crippen LogP contribution in [0, 0.1) is 0 Å². The Bertz CT molecular complexity index is 461. The summed E-state index contributed by atoms with van der Waals surface area (Å²) in [5.41, 5.74) is -0.552. The second kappa shape index (κ2) is 8.86. The van der Waals surface area contributed by atoms with Crippen molar-refractivity contribution < 1.29 is 19.1 Å². The van der Waals surface area contributed by atoms with Crippen LogP contribution in [0.3, 0.4) is 0 Å². The average Bonchev–Trinajstić information content (AvgIpc) is 2.45. The minimum atomic E-state index is -0.552. The van der Waals surface area contributed by atoms with Gasteiger partial charge in [0.2, 0.25) is 5.91 Å². The van der Waals surface area contributed by atoms with Crippen molar-refractivity contribution in [2.75, 3.05) is 20.1 Å². The van der Waals surface area contributed by atoms with Gasteiger partial charge in [-0.05, 0) is 47.1 Å². The first-order valence-corrected chi connectivity index (χ1v) is 8.37. The molecule has 0 radical (unpaired) electrons. The van der Waals surface area contributed by atoms with Gasteiger partial charge in [-0.3, -0.25) is 15.0 Å². The molecule has 1 saturated heterocycles. The summed E-state index contributed by atoms with van der Waals surface area (Å²) in [6.45, 7) is 8.22. The zero-order valence-corrected chi connectivity index (χ0v) is 15.3. The van der Waals surface area contributed by atoms with Gasteiger partial charge in [0.25, 0.3) is 0 Å². The standard InChI is InChI=1S/C16H30N4O4/c1-11(18-15(23)24-16(2,3)4)12-8-6-7-9-20(12)10-13(21)19-14(22)17-5/h11-12H,6-10H2,1-5H3,(H,18,23)(H2,17,19,21,22)/t11-,12-/m0/s1. The molecule has 1 aliphatic heterocycles. The molecule has 0 aromatic heterocycles. The van der Waals surface area contributed by atoms with Gasteiger partial charge < -0.3 is 15.4 Å². The number of carbonyl (C=O) groups is 3. The lowest BCUT2D eigenvalue weighted by molar-refractivity contribution is -0.122. The van der Waals surface area contributed by atoms with Crippen molar-refractivity contribution in [2.24, 2.45) is 0 Å². The summed E-state index contributed by atoms with van der Waals surface area (Å²) in [6.07, 6.45) is 2.45. The third-order valence-corrected chi connectivity index (χ3v) is 3.81. The summed E-state index contributed by atoms with van der Waals surface area (Å²) in [4.78, 5) is 37.1. The smallest absolute Gasteiger partial charge is 0.407 e. The molecule has 0 aromatic rings. The molecule has 138 valence electrons. The third-order valence-electron chi connectivity index (χ3n) is 3.81. The maximum absolute atomic E-state index is 11.9. The molecule has 2 atom stereocenters. The summed E-state index contributed by atoms with van der Waals surface area (Å²) in [5.74, 6) is -0.356. The second-order valence-corrected chi connectivity index (χ2v) is 7.10. The Morgan fingerprint density at radius 1 is 1.25 bits per heavy atom. The highest BCUT2D eigenvalue weighted by Gasteiger charge is 2.30. The van der Waals surface area contributed by atoms with E-state index in [2.05, 4.69) is 16.0 Å². The van der Waals surface area contributed by atoms with Crippen molar-refractivity contribution in [1.29, 1.82) is 0 Å². The molecular formula is C16H30N4O4. The maximum atomic E-state index is 11.9. The van der Waals surface area contributed by atoms with E-state index in [1.54, 1.807) is 0 Å². The molecule has 0 saturated carbocycles. The van der Waals surface area contributed by atoms with Crippen LogP contribution < -0.4 is 16.0 Å². The van der Waals surface area contributed by atoms with Crippen molar-refractivity contribution in [3.05, 3.63) is 0 Å². The van der Waals surface area contributed by atoms with Crippen LogP contribution >= 0.6 is 0 Å². The average molecular weight is 342 g/mol. The fourth-order valence-corrected chi connectivity index (χ4v) is 2.78. The molecule has 1 aliphatic rings. The number of nitrogens with one attached hydrogen (secondary N) is 3. The number of ether oxygens (including phenoxy) is 1. The first kappa shape index (κ1) is 20.2. The number of hydrogen-bond acceptors (Lipinski definition) is 5. The first-order chi connectivity index (χ1) is 11.1. The van der Waals surface area contributed by atoms with Gasteiger partial charge >= 0.3 is 12.1 Å². The van der Waals surface area contributed by atoms with E-state index in [1.165, 1.54) is 7.05 Å². The molecule has 3 N–H and O–H groups in total. The van der Waals surface area contributed by atoms with Crippen molar-refractivity contribution in [3.8, 4) is 0 Å². The van der Waals surface area contributed by atoms with Gasteiger partial charge in [-0.15, -0.1) is 0 Å². The number of alkyl carbamates (subject to hydrolysis) is 1. The summed E-state index contributed by atoms with van der Waals surface area (Å²) in [6, 6.07) is -0.650. The van der Waals surface area contributed by atoms with Gasteiger partial charge in [-0.2, -0.15) is 0 Å². The summed E-state index contributed by atoms with van der Waals surface area (Å²) < 4.78 is 5.28. The number of imide groups is 1. The van der Waals surface area contributed by atoms with Crippen LogP contribution in [0.25, 0.3) is 0 Å². The Balaban J connectivity index is 2.60. The second-order valence-electron chi connectivity index (χ2n) is 7.10. The molecule has 0 aromatic carbocycles. The Labute approximate surface area is 143 Å². The zero-order valence-electron chi connectivity index (χ0n) is 15.3. The molecular weight excluding hydrogens is 312 g/mol. The monoisotopic (exact) mass is 342 g/mol. The fraction of sp³-hybridized carbons (Fsp3) is 0.812. The quantitative estimate of drug-likeness (QED) is 0.713. The third kappa shape index (κ3) is 7.16. The highest BCUT2D eigenvalue weighted by molar-refractivity contribution is 5.95. The van der Waals surface area contributed by atoms with Gasteiger partial charge in [0.05, 0.1) is 6.54 Å². The molecule has 4 amide bonds. The molecule has 0 unspecified atom stereocenters. The number of likely N-dealkylation sites (tertiary alicyclic amines) is 1. The summed E-state index contributed by atoms with van der Waals surface area (Å²) in [5, 5.41) is 7.46. The van der Waals surface area contributed by atoms with Gasteiger partial charge in [-0.25, -0.2) is 9.59 Å². The topological polar surface area (TPSA) is 99.8 Å². The predicted octanol–water partition coefficient (Wildman–Crippen LogP) is 1.21. The highest BCUT2D eigenvalue weighted by Crippen LogP contribution is 2.20. The van der Waals surface area contributed by atoms with E-state index < -0.39 is 17.7 Å². The van der Waals surface area contributed by atoms with E-state index in [0.717, 1.165) is 25.8 Å². The van der Waals surface area contributed by atoms with Crippen molar-refractivity contribution >= 4 is 18.0 Å². The molecule has 8 nitrogen and oxygen atoms in total. The fourth-order valence-electron chi connectivity index (χ4n) is 2.78. The van der Waals surface area contributed by atoms with Crippen LogP contribution in [0.2, 0.25) is 0 Å². The number of rotatable bonds is 4. The molecule has 1 rings (SSSR count). The van der Waals surface area contributed by atoms with Gasteiger partial charge in [-0.1, -0.05) is 6.42 Å². The van der Waals surface area contributed by atoms with Crippen LogP contribution in [0.15, 0.2) is 0 Å². The Hall–Kier alpha value is -1.83. The SMILES string of the molecule is CNC(=O)NC(=O)CN1CCCC[C@H]1[C@H](C)NC(=O)OC(C)(C)C. The number of hydrogen-bond donors (Lipinski definition) is 3. The normalized spacial score (nSPS) is 20.0. The molecule has 8 heteroatoms. The van der Waals surface area contributed by atoms with E-state index in [4.69, 9.17) is 4.74 Å². The summed E-state index contributed by atoms with van der Waals surface area (Å²) >= 11 is 0. The van der Waals surface area contributed by atoms with Crippen LogP contribution in [0.1, 0.15) is 47.0 Å². The van der Waals surface area contributed by atoms with E-state index in [1.807, 2.05) is 32.6 Å². The van der Waals surface area contributed by atoms with E-state index in [0.29, 0.717) is 0 Å². The van der Waals surface area contributed by atoms with E-state index in [9.17, 15) is 14.4 Å². The number of nitrogens with zero attached hydrogens (tertiary/aromatic N) is 1. The number of amides is 4. The number of piperidine rings is 1. The van der Waals surface area contributed by atoms with E-state index in [-0.39, 0.29) is 24.5 Å². The van der Waals surface area contributed by atoms with Crippen molar-refractivity contribution in [3.63, 3.8) is 0 Å². The molecule has 0 aliphatic carbocycles. The first-order valence-electron chi connectivity index (χ1n) is 8.37. The highest BCUT2D eigenvalue weighted by atomic mass is 16.6. The molecule has 24 heavy (non-hydrogen) atoms. The van der Waals surface area contributed by atoms with Crippen LogP contribution in [0.5, 0.6) is 0 Å². The van der Waals surface area contributed by atoms with Crippen molar-refractivity contribution in [1.82, 2.24) is 20.9 Å². The molecule has 0 bridgehead atoms. The Kier molecular flexibility index (Phi) is 7.47. The lowest BCUT2D eigenvalue weighted by atomic mass is 9.96. The van der Waals surface area contributed by atoms with Gasteiger partial charge in [0.1, 0.15) is 5.60 Å². The van der Waals surface area contributed by atoms with Gasteiger partial charge in [0, 0.05) is 19.1 Å². The lowest BCUT2D eigenvalue weighted by Crippen LogP contribution is -2.55. The summed E-state index contributed by atoms with van der Waals surface area (Å²) in [7, 11) is 1.46. The minimum absolute atomic E-state index is 0.0294.